The summed E-state index contributed by atoms with van der Waals surface area (Å²) in [5.74, 6) is 1.40. The SMILES string of the molecule is COCCNCC(=O)N(Cc1cccs1)c1ccc2c(c1)OCCO2. The molecule has 0 atom stereocenters. The topological polar surface area (TPSA) is 60.0 Å². The van der Waals surface area contributed by atoms with Crippen molar-refractivity contribution in [1.29, 1.82) is 0 Å². The van der Waals surface area contributed by atoms with Gasteiger partial charge in [0.2, 0.25) is 5.91 Å². The Labute approximate surface area is 151 Å². The average molecular weight is 362 g/mol. The van der Waals surface area contributed by atoms with Crippen LogP contribution in [-0.2, 0) is 16.1 Å². The molecule has 0 saturated carbocycles. The summed E-state index contributed by atoms with van der Waals surface area (Å²) in [7, 11) is 1.64. The van der Waals surface area contributed by atoms with Crippen LogP contribution in [0.2, 0.25) is 0 Å². The van der Waals surface area contributed by atoms with E-state index in [1.54, 1.807) is 23.3 Å². The number of hydrogen-bond donors (Lipinski definition) is 1. The minimum atomic E-state index is 0.00109. The molecule has 1 aromatic carbocycles. The van der Waals surface area contributed by atoms with E-state index < -0.39 is 0 Å². The predicted molar refractivity (Wildman–Crippen MR) is 97.7 cm³/mol. The van der Waals surface area contributed by atoms with Gasteiger partial charge < -0.3 is 24.4 Å². The van der Waals surface area contributed by atoms with Gasteiger partial charge in [-0.2, -0.15) is 0 Å². The van der Waals surface area contributed by atoms with Crippen molar-refractivity contribution >= 4 is 22.9 Å². The summed E-state index contributed by atoms with van der Waals surface area (Å²) in [4.78, 5) is 15.6. The molecular weight excluding hydrogens is 340 g/mol. The highest BCUT2D eigenvalue weighted by Crippen LogP contribution is 2.34. The zero-order valence-electron chi connectivity index (χ0n) is 14.2. The van der Waals surface area contributed by atoms with Gasteiger partial charge in [-0.1, -0.05) is 6.07 Å². The maximum Gasteiger partial charge on any atom is 0.241 e. The van der Waals surface area contributed by atoms with Gasteiger partial charge >= 0.3 is 0 Å². The number of thiophene rings is 1. The van der Waals surface area contributed by atoms with E-state index in [2.05, 4.69) is 5.32 Å². The molecule has 0 aliphatic carbocycles. The molecule has 0 unspecified atom stereocenters. The van der Waals surface area contributed by atoms with E-state index in [9.17, 15) is 4.79 Å². The van der Waals surface area contributed by atoms with Crippen LogP contribution in [0.25, 0.3) is 0 Å². The van der Waals surface area contributed by atoms with Crippen LogP contribution in [0.15, 0.2) is 35.7 Å². The Morgan fingerprint density at radius 1 is 1.28 bits per heavy atom. The van der Waals surface area contributed by atoms with Gasteiger partial charge in [-0.05, 0) is 23.6 Å². The standard InChI is InChI=1S/C18H22N2O4S/c1-22-7-6-19-12-18(21)20(13-15-3-2-10-25-15)14-4-5-16-17(11-14)24-9-8-23-16/h2-5,10-11,19H,6-9,12-13H2,1H3. The number of amides is 1. The maximum absolute atomic E-state index is 12.8. The van der Waals surface area contributed by atoms with Crippen molar-refractivity contribution in [3.63, 3.8) is 0 Å². The molecule has 1 N–H and O–H groups in total. The Bertz CT molecular complexity index is 690. The Hall–Kier alpha value is -2.09. The minimum absolute atomic E-state index is 0.00109. The average Bonchev–Trinajstić information content (AvgIpc) is 3.16. The van der Waals surface area contributed by atoms with Crippen molar-refractivity contribution in [3.8, 4) is 11.5 Å². The molecule has 2 heterocycles. The normalized spacial score (nSPS) is 12.8. The number of ether oxygens (including phenoxy) is 3. The molecule has 0 saturated heterocycles. The smallest absolute Gasteiger partial charge is 0.241 e. The van der Waals surface area contributed by atoms with Crippen molar-refractivity contribution in [2.24, 2.45) is 0 Å². The molecule has 3 rings (SSSR count). The van der Waals surface area contributed by atoms with Crippen LogP contribution in [0.1, 0.15) is 4.88 Å². The largest absolute Gasteiger partial charge is 0.486 e. The van der Waals surface area contributed by atoms with Crippen LogP contribution in [0, 0.1) is 0 Å². The molecular formula is C18H22N2O4S. The Balaban J connectivity index is 1.76. The Morgan fingerprint density at radius 3 is 2.88 bits per heavy atom. The van der Waals surface area contributed by atoms with E-state index in [1.807, 2.05) is 35.7 Å². The molecule has 1 amide bonds. The summed E-state index contributed by atoms with van der Waals surface area (Å²) in [5, 5.41) is 5.12. The highest BCUT2D eigenvalue weighted by Gasteiger charge is 2.20. The second-order valence-electron chi connectivity index (χ2n) is 5.56. The number of methoxy groups -OCH3 is 1. The van der Waals surface area contributed by atoms with Gasteiger partial charge in [-0.15, -0.1) is 11.3 Å². The molecule has 0 spiro atoms. The van der Waals surface area contributed by atoms with E-state index in [0.717, 1.165) is 16.3 Å². The molecule has 134 valence electrons. The van der Waals surface area contributed by atoms with E-state index >= 15 is 0 Å². The van der Waals surface area contributed by atoms with Gasteiger partial charge in [-0.3, -0.25) is 4.79 Å². The van der Waals surface area contributed by atoms with E-state index in [4.69, 9.17) is 14.2 Å². The minimum Gasteiger partial charge on any atom is -0.486 e. The fourth-order valence-corrected chi connectivity index (χ4v) is 3.24. The second kappa shape index (κ2) is 8.84. The number of fused-ring (bicyclic) bond motifs is 1. The number of rotatable bonds is 8. The van der Waals surface area contributed by atoms with Gasteiger partial charge in [0.1, 0.15) is 13.2 Å². The molecule has 2 aromatic rings. The Morgan fingerprint density at radius 2 is 2.12 bits per heavy atom. The lowest BCUT2D eigenvalue weighted by atomic mass is 10.2. The number of nitrogens with one attached hydrogen (secondary N) is 1. The first-order chi connectivity index (χ1) is 12.3. The third kappa shape index (κ3) is 4.72. The molecule has 7 heteroatoms. The van der Waals surface area contributed by atoms with Crippen molar-refractivity contribution in [2.75, 3.05) is 44.9 Å². The van der Waals surface area contributed by atoms with Gasteiger partial charge in [0.25, 0.3) is 0 Å². The number of carbonyl (C=O) groups excluding carboxylic acids is 1. The lowest BCUT2D eigenvalue weighted by Gasteiger charge is -2.25. The first kappa shape index (κ1) is 17.7. The van der Waals surface area contributed by atoms with Crippen LogP contribution in [0.4, 0.5) is 5.69 Å². The third-order valence-corrected chi connectivity index (χ3v) is 4.65. The number of benzene rings is 1. The Kier molecular flexibility index (Phi) is 6.27. The summed E-state index contributed by atoms with van der Waals surface area (Å²) in [5.41, 5.74) is 0.802. The van der Waals surface area contributed by atoms with E-state index in [-0.39, 0.29) is 12.5 Å². The molecule has 25 heavy (non-hydrogen) atoms. The van der Waals surface area contributed by atoms with Crippen LogP contribution in [-0.4, -0.2) is 45.9 Å². The monoisotopic (exact) mass is 362 g/mol. The second-order valence-corrected chi connectivity index (χ2v) is 6.59. The van der Waals surface area contributed by atoms with E-state index in [1.165, 1.54) is 0 Å². The van der Waals surface area contributed by atoms with Crippen LogP contribution in [0.5, 0.6) is 11.5 Å². The maximum atomic E-state index is 12.8. The fourth-order valence-electron chi connectivity index (χ4n) is 2.55. The van der Waals surface area contributed by atoms with Gasteiger partial charge in [0.15, 0.2) is 11.5 Å². The predicted octanol–water partition coefficient (Wildman–Crippen LogP) is 2.29. The van der Waals surface area contributed by atoms with Crippen molar-refractivity contribution < 1.29 is 19.0 Å². The molecule has 1 aliphatic rings. The lowest BCUT2D eigenvalue weighted by molar-refractivity contribution is -0.117. The molecule has 1 aliphatic heterocycles. The number of nitrogens with zero attached hydrogens (tertiary/aromatic N) is 1. The van der Waals surface area contributed by atoms with Crippen LogP contribution < -0.4 is 19.7 Å². The first-order valence-electron chi connectivity index (χ1n) is 8.20. The zero-order valence-corrected chi connectivity index (χ0v) is 15.0. The van der Waals surface area contributed by atoms with Gasteiger partial charge in [-0.25, -0.2) is 0 Å². The fraction of sp³-hybridized carbons (Fsp3) is 0.389. The third-order valence-electron chi connectivity index (χ3n) is 3.79. The van der Waals surface area contributed by atoms with Gasteiger partial charge in [0, 0.05) is 30.3 Å². The molecule has 6 nitrogen and oxygen atoms in total. The van der Waals surface area contributed by atoms with Crippen LogP contribution >= 0.6 is 11.3 Å². The number of carbonyl (C=O) groups is 1. The van der Waals surface area contributed by atoms with E-state index in [0.29, 0.717) is 38.7 Å². The number of hydrogen-bond acceptors (Lipinski definition) is 6. The molecule has 0 fully saturated rings. The molecule has 0 bridgehead atoms. The summed E-state index contributed by atoms with van der Waals surface area (Å²) >= 11 is 1.63. The lowest BCUT2D eigenvalue weighted by Crippen LogP contribution is -2.38. The zero-order chi connectivity index (χ0) is 17.5. The van der Waals surface area contributed by atoms with Crippen molar-refractivity contribution in [2.45, 2.75) is 6.54 Å². The quantitative estimate of drug-likeness (QED) is 0.730. The van der Waals surface area contributed by atoms with Crippen molar-refractivity contribution in [1.82, 2.24) is 5.32 Å². The summed E-state index contributed by atoms with van der Waals surface area (Å²) < 4.78 is 16.2. The number of anilines is 1. The van der Waals surface area contributed by atoms with Gasteiger partial charge in [0.05, 0.1) is 19.7 Å². The first-order valence-corrected chi connectivity index (χ1v) is 9.08. The summed E-state index contributed by atoms with van der Waals surface area (Å²) in [6.45, 7) is 3.06. The molecule has 0 radical (unpaired) electrons. The highest BCUT2D eigenvalue weighted by atomic mass is 32.1. The highest BCUT2D eigenvalue weighted by molar-refractivity contribution is 7.09. The van der Waals surface area contributed by atoms with Crippen molar-refractivity contribution in [3.05, 3.63) is 40.6 Å². The van der Waals surface area contributed by atoms with Crippen LogP contribution in [0.3, 0.4) is 0 Å². The molecule has 1 aromatic heterocycles. The summed E-state index contributed by atoms with van der Waals surface area (Å²) in [6.07, 6.45) is 0. The summed E-state index contributed by atoms with van der Waals surface area (Å²) in [6, 6.07) is 9.64.